The van der Waals surface area contributed by atoms with E-state index >= 15 is 0 Å². The van der Waals surface area contributed by atoms with Gasteiger partial charge in [-0.05, 0) is 18.2 Å². The summed E-state index contributed by atoms with van der Waals surface area (Å²) in [7, 11) is -7.26. The van der Waals surface area contributed by atoms with Crippen molar-refractivity contribution in [1.82, 2.24) is 4.31 Å². The molecule has 1 unspecified atom stereocenters. The maximum atomic E-state index is 12.7. The molecule has 0 aromatic heterocycles. The van der Waals surface area contributed by atoms with Crippen molar-refractivity contribution in [2.45, 2.75) is 22.0 Å². The Bertz CT molecular complexity index is 744. The minimum Gasteiger partial charge on any atom is -0.398 e. The molecule has 1 aliphatic rings. The standard InChI is InChI=1S/C12H18N2O4S3/c1-9-8-14(5-6-19-9)21(17,18)12-7-10(20(2,15)16)3-4-11(12)13/h3-4,7,9H,5-6,8,13H2,1-2H3. The van der Waals surface area contributed by atoms with E-state index < -0.39 is 19.9 Å². The predicted molar refractivity (Wildman–Crippen MR) is 84.6 cm³/mol. The molecule has 6 nitrogen and oxygen atoms in total. The van der Waals surface area contributed by atoms with Crippen molar-refractivity contribution in [1.29, 1.82) is 0 Å². The number of anilines is 1. The molecule has 1 atom stereocenters. The highest BCUT2D eigenvalue weighted by molar-refractivity contribution is 8.00. The average molecular weight is 350 g/mol. The first kappa shape index (κ1) is 16.6. The van der Waals surface area contributed by atoms with Crippen molar-refractivity contribution in [2.24, 2.45) is 0 Å². The number of nitrogen functional groups attached to an aromatic ring is 1. The van der Waals surface area contributed by atoms with E-state index in [4.69, 9.17) is 5.73 Å². The van der Waals surface area contributed by atoms with Gasteiger partial charge < -0.3 is 5.73 Å². The second-order valence-corrected chi connectivity index (χ2v) is 10.5. The molecular weight excluding hydrogens is 332 g/mol. The topological polar surface area (TPSA) is 97.5 Å². The first-order valence-electron chi connectivity index (χ1n) is 6.33. The van der Waals surface area contributed by atoms with Crippen LogP contribution in [0.2, 0.25) is 0 Å². The van der Waals surface area contributed by atoms with Crippen molar-refractivity contribution < 1.29 is 16.8 Å². The van der Waals surface area contributed by atoms with Crippen molar-refractivity contribution in [3.63, 3.8) is 0 Å². The Kier molecular flexibility index (Phi) is 4.57. The molecule has 0 aliphatic carbocycles. The molecule has 118 valence electrons. The van der Waals surface area contributed by atoms with Crippen LogP contribution in [0.25, 0.3) is 0 Å². The summed E-state index contributed by atoms with van der Waals surface area (Å²) in [6.45, 7) is 2.76. The van der Waals surface area contributed by atoms with E-state index in [1.807, 2.05) is 6.92 Å². The third kappa shape index (κ3) is 3.53. The zero-order chi connectivity index (χ0) is 15.8. The Morgan fingerprint density at radius 1 is 1.29 bits per heavy atom. The Morgan fingerprint density at radius 3 is 2.52 bits per heavy atom. The van der Waals surface area contributed by atoms with Crippen LogP contribution in [0.3, 0.4) is 0 Å². The van der Waals surface area contributed by atoms with Gasteiger partial charge in [0.25, 0.3) is 0 Å². The number of benzene rings is 1. The maximum Gasteiger partial charge on any atom is 0.245 e. The molecule has 0 bridgehead atoms. The zero-order valence-corrected chi connectivity index (χ0v) is 14.3. The van der Waals surface area contributed by atoms with E-state index in [0.29, 0.717) is 18.8 Å². The fourth-order valence-corrected chi connectivity index (χ4v) is 5.73. The highest BCUT2D eigenvalue weighted by Gasteiger charge is 2.31. The van der Waals surface area contributed by atoms with Crippen LogP contribution < -0.4 is 5.73 Å². The van der Waals surface area contributed by atoms with Crippen LogP contribution in [-0.4, -0.2) is 51.5 Å². The molecule has 0 saturated carbocycles. The smallest absolute Gasteiger partial charge is 0.245 e. The molecule has 1 saturated heterocycles. The van der Waals surface area contributed by atoms with Gasteiger partial charge in [0, 0.05) is 30.3 Å². The number of nitrogens with two attached hydrogens (primary N) is 1. The average Bonchev–Trinajstić information content (AvgIpc) is 2.37. The SMILES string of the molecule is CC1CN(S(=O)(=O)c2cc(S(C)(=O)=O)ccc2N)CCS1. The summed E-state index contributed by atoms with van der Waals surface area (Å²) in [6, 6.07) is 3.79. The molecular formula is C12H18N2O4S3. The summed E-state index contributed by atoms with van der Waals surface area (Å²) in [5.41, 5.74) is 5.82. The fraction of sp³-hybridized carbons (Fsp3) is 0.500. The zero-order valence-electron chi connectivity index (χ0n) is 11.8. The molecule has 2 N–H and O–H groups in total. The lowest BCUT2D eigenvalue weighted by Gasteiger charge is -2.30. The summed E-state index contributed by atoms with van der Waals surface area (Å²) in [5.74, 6) is 0.714. The highest BCUT2D eigenvalue weighted by Crippen LogP contribution is 2.29. The summed E-state index contributed by atoms with van der Waals surface area (Å²) in [6.07, 6.45) is 1.04. The maximum absolute atomic E-state index is 12.7. The van der Waals surface area contributed by atoms with Gasteiger partial charge in [0.1, 0.15) is 4.90 Å². The molecule has 1 heterocycles. The van der Waals surface area contributed by atoms with Crippen molar-refractivity contribution in [2.75, 3.05) is 30.8 Å². The molecule has 2 rings (SSSR count). The number of rotatable bonds is 3. The van der Waals surface area contributed by atoms with Gasteiger partial charge in [-0.25, -0.2) is 16.8 Å². The monoisotopic (exact) mass is 350 g/mol. The minimum atomic E-state index is -3.78. The normalized spacial score (nSPS) is 21.3. The largest absolute Gasteiger partial charge is 0.398 e. The second-order valence-electron chi connectivity index (χ2n) is 5.02. The molecule has 0 radical (unpaired) electrons. The molecule has 1 fully saturated rings. The summed E-state index contributed by atoms with van der Waals surface area (Å²) >= 11 is 1.71. The summed E-state index contributed by atoms with van der Waals surface area (Å²) < 4.78 is 49.9. The third-order valence-corrected chi connectivity index (χ3v) is 7.40. The van der Waals surface area contributed by atoms with Gasteiger partial charge in [-0.15, -0.1) is 0 Å². The van der Waals surface area contributed by atoms with E-state index in [9.17, 15) is 16.8 Å². The van der Waals surface area contributed by atoms with E-state index in [0.717, 1.165) is 12.3 Å². The number of nitrogens with zero attached hydrogens (tertiary/aromatic N) is 1. The van der Waals surface area contributed by atoms with Crippen LogP contribution in [0, 0.1) is 0 Å². The lowest BCUT2D eigenvalue weighted by atomic mass is 10.3. The van der Waals surface area contributed by atoms with Crippen LogP contribution in [0.5, 0.6) is 0 Å². The Hall–Kier alpha value is -0.770. The van der Waals surface area contributed by atoms with Crippen LogP contribution in [-0.2, 0) is 19.9 Å². The Labute approximate surface area is 129 Å². The first-order chi connectivity index (χ1) is 9.62. The van der Waals surface area contributed by atoms with Gasteiger partial charge in [-0.2, -0.15) is 16.1 Å². The van der Waals surface area contributed by atoms with Crippen molar-refractivity contribution >= 4 is 37.3 Å². The first-order valence-corrected chi connectivity index (χ1v) is 10.7. The van der Waals surface area contributed by atoms with E-state index in [1.54, 1.807) is 11.8 Å². The van der Waals surface area contributed by atoms with Crippen molar-refractivity contribution in [3.8, 4) is 0 Å². The molecule has 21 heavy (non-hydrogen) atoms. The Morgan fingerprint density at radius 2 is 1.95 bits per heavy atom. The summed E-state index contributed by atoms with van der Waals surface area (Å²) in [5, 5.41) is 0.202. The molecule has 9 heteroatoms. The van der Waals surface area contributed by atoms with Gasteiger partial charge in [0.05, 0.1) is 10.6 Å². The van der Waals surface area contributed by atoms with E-state index in [2.05, 4.69) is 0 Å². The van der Waals surface area contributed by atoms with Gasteiger partial charge in [-0.3, -0.25) is 0 Å². The van der Waals surface area contributed by atoms with Crippen LogP contribution in [0.15, 0.2) is 28.0 Å². The molecule has 0 amide bonds. The van der Waals surface area contributed by atoms with Gasteiger partial charge in [0.2, 0.25) is 10.0 Å². The van der Waals surface area contributed by atoms with Gasteiger partial charge >= 0.3 is 0 Å². The second kappa shape index (κ2) is 5.79. The van der Waals surface area contributed by atoms with Crippen molar-refractivity contribution in [3.05, 3.63) is 18.2 Å². The molecule has 1 aromatic carbocycles. The lowest BCUT2D eigenvalue weighted by Crippen LogP contribution is -2.41. The number of sulfone groups is 1. The number of thioether (sulfide) groups is 1. The van der Waals surface area contributed by atoms with E-state index in [-0.39, 0.29) is 20.7 Å². The van der Waals surface area contributed by atoms with Gasteiger partial charge in [0.15, 0.2) is 9.84 Å². The Balaban J connectivity index is 2.49. The third-order valence-electron chi connectivity index (χ3n) is 3.23. The fourth-order valence-electron chi connectivity index (χ4n) is 2.11. The highest BCUT2D eigenvalue weighted by atomic mass is 32.2. The number of hydrogen-bond acceptors (Lipinski definition) is 6. The predicted octanol–water partition coefficient (Wildman–Crippen LogP) is 0.798. The lowest BCUT2D eigenvalue weighted by molar-refractivity contribution is 0.424. The number of hydrogen-bond donors (Lipinski definition) is 1. The summed E-state index contributed by atoms with van der Waals surface area (Å²) in [4.78, 5) is -0.181. The van der Waals surface area contributed by atoms with Crippen LogP contribution in [0.4, 0.5) is 5.69 Å². The van der Waals surface area contributed by atoms with Crippen LogP contribution >= 0.6 is 11.8 Å². The van der Waals surface area contributed by atoms with E-state index in [1.165, 1.54) is 16.4 Å². The molecule has 1 aromatic rings. The quantitative estimate of drug-likeness (QED) is 0.810. The van der Waals surface area contributed by atoms with Crippen LogP contribution in [0.1, 0.15) is 6.92 Å². The molecule has 1 aliphatic heterocycles. The number of sulfonamides is 1. The minimum absolute atomic E-state index is 0.0466. The molecule has 0 spiro atoms. The van der Waals surface area contributed by atoms with Gasteiger partial charge in [-0.1, -0.05) is 6.92 Å².